The Labute approximate surface area is 163 Å². The number of morpholine rings is 1. The van der Waals surface area contributed by atoms with E-state index in [1.54, 1.807) is 13.8 Å². The first-order chi connectivity index (χ1) is 12.7. The number of amides is 1. The Morgan fingerprint density at radius 1 is 1.33 bits per heavy atom. The number of nitrogens with one attached hydrogen (secondary N) is 2. The van der Waals surface area contributed by atoms with E-state index in [4.69, 9.17) is 4.74 Å². The summed E-state index contributed by atoms with van der Waals surface area (Å²) in [6.07, 6.45) is 0.419. The molecule has 2 N–H and O–H groups in total. The summed E-state index contributed by atoms with van der Waals surface area (Å²) in [7, 11) is 0. The van der Waals surface area contributed by atoms with Gasteiger partial charge in [0.2, 0.25) is 0 Å². The minimum absolute atomic E-state index is 0.0502. The molecule has 3 rings (SSSR count). The SMILES string of the molecule is CC(=O)c1c(C)[nH]c(C(=O)Nc2nc(CN3C[C@@H](C)O[C@H](C)C3)cs2)c1C. The van der Waals surface area contributed by atoms with Crippen molar-refractivity contribution in [3.63, 3.8) is 0 Å². The molecule has 0 spiro atoms. The van der Waals surface area contributed by atoms with Gasteiger partial charge in [-0.3, -0.25) is 19.8 Å². The highest BCUT2D eigenvalue weighted by atomic mass is 32.1. The van der Waals surface area contributed by atoms with Crippen molar-refractivity contribution in [2.45, 2.75) is 53.4 Å². The lowest BCUT2D eigenvalue weighted by atomic mass is 10.1. The number of nitrogens with zero attached hydrogens (tertiary/aromatic N) is 2. The fourth-order valence-corrected chi connectivity index (χ4v) is 4.44. The van der Waals surface area contributed by atoms with E-state index in [2.05, 4.69) is 34.0 Å². The minimum Gasteiger partial charge on any atom is -0.373 e. The highest BCUT2D eigenvalue weighted by Crippen LogP contribution is 2.22. The van der Waals surface area contributed by atoms with Crippen LogP contribution in [0.3, 0.4) is 0 Å². The number of thiazole rings is 1. The molecule has 2 atom stereocenters. The predicted molar refractivity (Wildman–Crippen MR) is 106 cm³/mol. The number of hydrogen-bond donors (Lipinski definition) is 2. The van der Waals surface area contributed by atoms with E-state index < -0.39 is 0 Å². The molecule has 146 valence electrons. The third-order valence-corrected chi connectivity index (χ3v) is 5.48. The third-order valence-electron chi connectivity index (χ3n) is 4.67. The molecule has 0 aliphatic carbocycles. The van der Waals surface area contributed by atoms with Gasteiger partial charge in [-0.2, -0.15) is 0 Å². The average Bonchev–Trinajstić information content (AvgIpc) is 3.10. The number of hydrogen-bond acceptors (Lipinski definition) is 6. The first kappa shape index (κ1) is 19.7. The Hall–Kier alpha value is -2.03. The molecular weight excluding hydrogens is 364 g/mol. The number of carbonyl (C=O) groups is 2. The van der Waals surface area contributed by atoms with Gasteiger partial charge in [0.15, 0.2) is 10.9 Å². The molecule has 8 heteroatoms. The van der Waals surface area contributed by atoms with Crippen LogP contribution in [0, 0.1) is 13.8 Å². The van der Waals surface area contributed by atoms with Gasteiger partial charge < -0.3 is 9.72 Å². The van der Waals surface area contributed by atoms with E-state index in [1.165, 1.54) is 18.3 Å². The second-order valence-corrected chi connectivity index (χ2v) is 8.09. The lowest BCUT2D eigenvalue weighted by Crippen LogP contribution is -2.44. The normalized spacial score (nSPS) is 20.6. The molecule has 1 aliphatic rings. The van der Waals surface area contributed by atoms with Crippen LogP contribution < -0.4 is 5.32 Å². The molecule has 0 radical (unpaired) electrons. The first-order valence-corrected chi connectivity index (χ1v) is 9.96. The number of H-pyrrole nitrogens is 1. The summed E-state index contributed by atoms with van der Waals surface area (Å²) in [5.41, 5.74) is 3.30. The number of carbonyl (C=O) groups excluding carboxylic acids is 2. The number of rotatable bonds is 5. The van der Waals surface area contributed by atoms with Crippen LogP contribution in [-0.2, 0) is 11.3 Å². The fourth-order valence-electron chi connectivity index (χ4n) is 3.74. The topological polar surface area (TPSA) is 87.3 Å². The van der Waals surface area contributed by atoms with Gasteiger partial charge in [0.25, 0.3) is 5.91 Å². The van der Waals surface area contributed by atoms with Crippen LogP contribution in [0.15, 0.2) is 5.38 Å². The van der Waals surface area contributed by atoms with Crippen LogP contribution >= 0.6 is 11.3 Å². The van der Waals surface area contributed by atoms with Gasteiger partial charge in [-0.15, -0.1) is 11.3 Å². The van der Waals surface area contributed by atoms with Crippen molar-refractivity contribution in [3.05, 3.63) is 33.6 Å². The Bertz CT molecular complexity index is 847. The average molecular weight is 391 g/mol. The molecule has 7 nitrogen and oxygen atoms in total. The van der Waals surface area contributed by atoms with E-state index in [0.29, 0.717) is 27.6 Å². The monoisotopic (exact) mass is 390 g/mol. The summed E-state index contributed by atoms with van der Waals surface area (Å²) >= 11 is 1.40. The maximum absolute atomic E-state index is 12.6. The quantitative estimate of drug-likeness (QED) is 0.766. The van der Waals surface area contributed by atoms with Crippen LogP contribution in [0.2, 0.25) is 0 Å². The molecule has 0 saturated carbocycles. The summed E-state index contributed by atoms with van der Waals surface area (Å²) in [5.74, 6) is -0.330. The number of ether oxygens (including phenoxy) is 1. The van der Waals surface area contributed by atoms with Gasteiger partial charge in [-0.1, -0.05) is 0 Å². The summed E-state index contributed by atoms with van der Waals surface area (Å²) in [6, 6.07) is 0. The van der Waals surface area contributed by atoms with Crippen molar-refractivity contribution in [1.29, 1.82) is 0 Å². The molecule has 1 amide bonds. The van der Waals surface area contributed by atoms with Gasteiger partial charge in [-0.05, 0) is 40.2 Å². The van der Waals surface area contributed by atoms with Crippen molar-refractivity contribution in [3.8, 4) is 0 Å². The molecule has 0 bridgehead atoms. The van der Waals surface area contributed by atoms with Gasteiger partial charge in [-0.25, -0.2) is 4.98 Å². The first-order valence-electron chi connectivity index (χ1n) is 9.08. The molecule has 27 heavy (non-hydrogen) atoms. The van der Waals surface area contributed by atoms with Crippen molar-refractivity contribution >= 4 is 28.2 Å². The maximum Gasteiger partial charge on any atom is 0.274 e. The van der Waals surface area contributed by atoms with Crippen molar-refractivity contribution < 1.29 is 14.3 Å². The number of aromatic amines is 1. The smallest absolute Gasteiger partial charge is 0.274 e. The van der Waals surface area contributed by atoms with Crippen LogP contribution in [0.1, 0.15) is 58.6 Å². The number of ketones is 1. The number of aromatic nitrogens is 2. The second-order valence-electron chi connectivity index (χ2n) is 7.23. The zero-order chi connectivity index (χ0) is 19.7. The lowest BCUT2D eigenvalue weighted by Gasteiger charge is -2.34. The Morgan fingerprint density at radius 2 is 2.00 bits per heavy atom. The highest BCUT2D eigenvalue weighted by molar-refractivity contribution is 7.13. The number of aryl methyl sites for hydroxylation is 1. The lowest BCUT2D eigenvalue weighted by molar-refractivity contribution is -0.0707. The number of anilines is 1. The molecule has 0 aromatic carbocycles. The van der Waals surface area contributed by atoms with Crippen LogP contribution in [0.4, 0.5) is 5.13 Å². The van der Waals surface area contributed by atoms with Gasteiger partial charge >= 0.3 is 0 Å². The molecule has 1 aliphatic heterocycles. The summed E-state index contributed by atoms with van der Waals surface area (Å²) in [6.45, 7) is 11.7. The van der Waals surface area contributed by atoms with Gasteiger partial charge in [0, 0.05) is 36.3 Å². The molecule has 1 fully saturated rings. The molecule has 2 aromatic heterocycles. The molecule has 3 heterocycles. The predicted octanol–water partition coefficient (Wildman–Crippen LogP) is 3.15. The third kappa shape index (κ3) is 4.45. The van der Waals surface area contributed by atoms with Crippen LogP contribution in [-0.4, -0.2) is 51.9 Å². The van der Waals surface area contributed by atoms with Crippen molar-refractivity contribution in [2.24, 2.45) is 0 Å². The van der Waals surface area contributed by atoms with Crippen molar-refractivity contribution in [2.75, 3.05) is 18.4 Å². The van der Waals surface area contributed by atoms with E-state index in [0.717, 1.165) is 25.3 Å². The summed E-state index contributed by atoms with van der Waals surface area (Å²) in [5, 5.41) is 5.36. The molecule has 2 aromatic rings. The van der Waals surface area contributed by atoms with E-state index >= 15 is 0 Å². The Balaban J connectivity index is 1.66. The van der Waals surface area contributed by atoms with Crippen LogP contribution in [0.5, 0.6) is 0 Å². The molecule has 0 unspecified atom stereocenters. The summed E-state index contributed by atoms with van der Waals surface area (Å²) in [4.78, 5) is 34.2. The standard InChI is InChI=1S/C19H26N4O3S/c1-10-6-23(7-11(2)26-10)8-15-9-27-19(21-15)22-18(25)17-12(3)16(14(5)24)13(4)20-17/h9-11,20H,6-8H2,1-5H3,(H,21,22,25)/t10-,11-/m1/s1. The Morgan fingerprint density at radius 3 is 2.59 bits per heavy atom. The number of Topliss-reactive ketones (excluding diaryl/α,β-unsaturated/α-hetero) is 1. The van der Waals surface area contributed by atoms with Crippen molar-refractivity contribution in [1.82, 2.24) is 14.9 Å². The fraction of sp³-hybridized carbons (Fsp3) is 0.526. The summed E-state index contributed by atoms with van der Waals surface area (Å²) < 4.78 is 5.76. The van der Waals surface area contributed by atoms with Crippen LogP contribution in [0.25, 0.3) is 0 Å². The second kappa shape index (κ2) is 7.92. The molecular formula is C19H26N4O3S. The van der Waals surface area contributed by atoms with E-state index in [1.807, 2.05) is 5.38 Å². The zero-order valence-corrected chi connectivity index (χ0v) is 17.2. The van der Waals surface area contributed by atoms with Gasteiger partial charge in [0.05, 0.1) is 17.9 Å². The largest absolute Gasteiger partial charge is 0.373 e. The van der Waals surface area contributed by atoms with E-state index in [-0.39, 0.29) is 23.9 Å². The molecule has 1 saturated heterocycles. The minimum atomic E-state index is -0.280. The van der Waals surface area contributed by atoms with E-state index in [9.17, 15) is 9.59 Å². The Kier molecular flexibility index (Phi) is 5.78. The van der Waals surface area contributed by atoms with Gasteiger partial charge in [0.1, 0.15) is 5.69 Å². The maximum atomic E-state index is 12.6. The highest BCUT2D eigenvalue weighted by Gasteiger charge is 2.23. The zero-order valence-electron chi connectivity index (χ0n) is 16.4.